The molecule has 1 saturated heterocycles. The summed E-state index contributed by atoms with van der Waals surface area (Å²) in [6.07, 6.45) is 2.67. The van der Waals surface area contributed by atoms with Crippen molar-refractivity contribution in [2.75, 3.05) is 31.2 Å². The third-order valence-corrected chi connectivity index (χ3v) is 6.26. The van der Waals surface area contributed by atoms with Gasteiger partial charge in [-0.2, -0.15) is 15.0 Å². The molecule has 0 saturated carbocycles. The quantitative estimate of drug-likeness (QED) is 0.437. The molecule has 0 unspecified atom stereocenters. The minimum atomic E-state index is 0.0494. The lowest BCUT2D eigenvalue weighted by molar-refractivity contribution is 0.0833. The minimum absolute atomic E-state index is 0.0494. The Hall–Kier alpha value is -3.52. The number of nitrogens with one attached hydrogen (secondary N) is 1. The Morgan fingerprint density at radius 2 is 1.80 bits per heavy atom. The maximum Gasteiger partial charge on any atom is 0.232 e. The Labute approximate surface area is 207 Å². The van der Waals surface area contributed by atoms with Crippen molar-refractivity contribution in [3.63, 3.8) is 0 Å². The van der Waals surface area contributed by atoms with E-state index in [4.69, 9.17) is 10.5 Å². The minimum Gasteiger partial charge on any atom is -0.495 e. The molecule has 2 heterocycles. The Morgan fingerprint density at radius 3 is 2.49 bits per heavy atom. The highest BCUT2D eigenvalue weighted by Gasteiger charge is 2.26. The van der Waals surface area contributed by atoms with Gasteiger partial charge in [-0.25, -0.2) is 0 Å². The average molecular weight is 475 g/mol. The number of likely N-dealkylation sites (tertiary alicyclic amines) is 1. The van der Waals surface area contributed by atoms with E-state index in [2.05, 4.69) is 51.1 Å². The molecule has 0 bridgehead atoms. The number of aromatic nitrogens is 3. The number of carbonyl (C=O) groups excluding carboxylic acids is 1. The van der Waals surface area contributed by atoms with E-state index in [1.165, 1.54) is 5.56 Å². The van der Waals surface area contributed by atoms with Crippen LogP contribution in [-0.2, 0) is 13.0 Å². The number of nitrogens with two attached hydrogens (primary N) is 1. The normalized spacial score (nSPS) is 14.7. The fraction of sp³-hybridized carbons (Fsp3) is 0.407. The fourth-order valence-corrected chi connectivity index (χ4v) is 4.50. The van der Waals surface area contributed by atoms with Gasteiger partial charge < -0.3 is 15.8 Å². The number of anilines is 3. The summed E-state index contributed by atoms with van der Waals surface area (Å²) in [5, 5.41) is 3.17. The van der Waals surface area contributed by atoms with Gasteiger partial charge >= 0.3 is 0 Å². The highest BCUT2D eigenvalue weighted by Crippen LogP contribution is 2.26. The van der Waals surface area contributed by atoms with Gasteiger partial charge in [0.25, 0.3) is 0 Å². The number of methoxy groups -OCH3 is 1. The number of piperidine rings is 1. The molecule has 0 spiro atoms. The highest BCUT2D eigenvalue weighted by atomic mass is 16.5. The number of ether oxygens (including phenoxy) is 1. The first-order valence-corrected chi connectivity index (χ1v) is 12.2. The Balaban J connectivity index is 1.34. The zero-order chi connectivity index (χ0) is 24.8. The third kappa shape index (κ3) is 6.54. The standard InChI is InChI=1S/C27H34N6O2/c1-18(2)16-19-8-10-20(11-9-19)25(34)21-12-14-33(15-13-21)17-24-30-26(28)32-27(31-24)29-22-6-4-5-7-23(22)35-3/h4-11,18,21H,12-17H2,1-3H3,(H3,28,29,30,31,32). The van der Waals surface area contributed by atoms with Crippen LogP contribution in [0.5, 0.6) is 5.75 Å². The molecule has 8 heteroatoms. The van der Waals surface area contributed by atoms with Crippen molar-refractivity contribution >= 4 is 23.4 Å². The lowest BCUT2D eigenvalue weighted by Crippen LogP contribution is -2.36. The van der Waals surface area contributed by atoms with Gasteiger partial charge in [0.05, 0.1) is 19.3 Å². The maximum atomic E-state index is 13.0. The van der Waals surface area contributed by atoms with Crippen LogP contribution in [0.3, 0.4) is 0 Å². The molecule has 0 radical (unpaired) electrons. The summed E-state index contributed by atoms with van der Waals surface area (Å²) < 4.78 is 5.38. The van der Waals surface area contributed by atoms with Crippen molar-refractivity contribution in [2.45, 2.75) is 39.7 Å². The van der Waals surface area contributed by atoms with Gasteiger partial charge in [0, 0.05) is 11.5 Å². The van der Waals surface area contributed by atoms with Gasteiger partial charge in [-0.15, -0.1) is 0 Å². The van der Waals surface area contributed by atoms with Crippen LogP contribution in [0, 0.1) is 11.8 Å². The van der Waals surface area contributed by atoms with Crippen LogP contribution in [0.4, 0.5) is 17.6 Å². The van der Waals surface area contributed by atoms with Crippen LogP contribution >= 0.6 is 0 Å². The van der Waals surface area contributed by atoms with Gasteiger partial charge in [-0.05, 0) is 56.0 Å². The molecular weight excluding hydrogens is 440 g/mol. The molecule has 1 aromatic heterocycles. The summed E-state index contributed by atoms with van der Waals surface area (Å²) in [6, 6.07) is 15.7. The first-order chi connectivity index (χ1) is 16.9. The number of hydrogen-bond acceptors (Lipinski definition) is 8. The number of Topliss-reactive ketones (excluding diaryl/α,β-unsaturated/α-hetero) is 1. The second-order valence-electron chi connectivity index (χ2n) is 9.47. The predicted molar refractivity (Wildman–Crippen MR) is 138 cm³/mol. The van der Waals surface area contributed by atoms with Crippen LogP contribution in [-0.4, -0.2) is 45.8 Å². The summed E-state index contributed by atoms with van der Waals surface area (Å²) in [7, 11) is 1.62. The molecule has 0 aliphatic carbocycles. The van der Waals surface area contributed by atoms with Crippen LogP contribution in [0.25, 0.3) is 0 Å². The molecule has 3 N–H and O–H groups in total. The summed E-state index contributed by atoms with van der Waals surface area (Å²) >= 11 is 0. The summed E-state index contributed by atoms with van der Waals surface area (Å²) in [5.74, 6) is 2.73. The molecule has 1 fully saturated rings. The molecule has 8 nitrogen and oxygen atoms in total. The first kappa shape index (κ1) is 24.6. The van der Waals surface area contributed by atoms with Gasteiger partial charge in [0.1, 0.15) is 11.6 Å². The number of ketones is 1. The van der Waals surface area contributed by atoms with Crippen molar-refractivity contribution in [2.24, 2.45) is 11.8 Å². The van der Waals surface area contributed by atoms with Gasteiger partial charge in [-0.3, -0.25) is 9.69 Å². The van der Waals surface area contributed by atoms with Crippen LogP contribution in [0.15, 0.2) is 48.5 Å². The van der Waals surface area contributed by atoms with Gasteiger partial charge in [-0.1, -0.05) is 50.2 Å². The molecule has 4 rings (SSSR count). The lowest BCUT2D eigenvalue weighted by atomic mass is 9.88. The molecule has 3 aromatic rings. The van der Waals surface area contributed by atoms with Crippen molar-refractivity contribution in [3.8, 4) is 5.75 Å². The Bertz CT molecular complexity index is 1140. The number of carbonyl (C=O) groups is 1. The number of benzene rings is 2. The van der Waals surface area contributed by atoms with Crippen LogP contribution < -0.4 is 15.8 Å². The second kappa shape index (κ2) is 11.3. The van der Waals surface area contributed by atoms with Gasteiger partial charge in [0.15, 0.2) is 5.78 Å². The van der Waals surface area contributed by atoms with Crippen LogP contribution in [0.2, 0.25) is 0 Å². The number of nitrogens with zero attached hydrogens (tertiary/aromatic N) is 4. The molecule has 1 aliphatic heterocycles. The zero-order valence-corrected chi connectivity index (χ0v) is 20.7. The largest absolute Gasteiger partial charge is 0.495 e. The fourth-order valence-electron chi connectivity index (χ4n) is 4.50. The number of rotatable bonds is 9. The molecule has 0 atom stereocenters. The SMILES string of the molecule is COc1ccccc1Nc1nc(N)nc(CN2CCC(C(=O)c3ccc(CC(C)C)cc3)CC2)n1. The molecule has 184 valence electrons. The molecular formula is C27H34N6O2. The maximum absolute atomic E-state index is 13.0. The van der Waals surface area contributed by atoms with E-state index in [1.54, 1.807) is 7.11 Å². The monoisotopic (exact) mass is 474 g/mol. The highest BCUT2D eigenvalue weighted by molar-refractivity contribution is 5.97. The molecule has 35 heavy (non-hydrogen) atoms. The van der Waals surface area contributed by atoms with Gasteiger partial charge in [0.2, 0.25) is 11.9 Å². The summed E-state index contributed by atoms with van der Waals surface area (Å²) in [6.45, 7) is 6.58. The molecule has 2 aromatic carbocycles. The average Bonchev–Trinajstić information content (AvgIpc) is 2.84. The number of nitrogen functional groups attached to an aromatic ring is 1. The van der Waals surface area contributed by atoms with Crippen molar-refractivity contribution in [1.82, 2.24) is 19.9 Å². The predicted octanol–water partition coefficient (Wildman–Crippen LogP) is 4.50. The third-order valence-electron chi connectivity index (χ3n) is 6.26. The Morgan fingerprint density at radius 1 is 1.09 bits per heavy atom. The van der Waals surface area contributed by atoms with E-state index in [1.807, 2.05) is 36.4 Å². The van der Waals surface area contributed by atoms with Crippen LogP contribution in [0.1, 0.15) is 48.4 Å². The van der Waals surface area contributed by atoms with E-state index in [-0.39, 0.29) is 17.6 Å². The molecule has 0 amide bonds. The van der Waals surface area contributed by atoms with Crippen molar-refractivity contribution in [1.29, 1.82) is 0 Å². The smallest absolute Gasteiger partial charge is 0.232 e. The first-order valence-electron chi connectivity index (χ1n) is 12.2. The van der Waals surface area contributed by atoms with E-state index in [0.717, 1.165) is 43.6 Å². The summed E-state index contributed by atoms with van der Waals surface area (Å²) in [5.41, 5.74) is 8.80. The summed E-state index contributed by atoms with van der Waals surface area (Å²) in [4.78, 5) is 28.4. The molecule has 1 aliphatic rings. The topological polar surface area (TPSA) is 106 Å². The number of hydrogen-bond donors (Lipinski definition) is 2. The zero-order valence-electron chi connectivity index (χ0n) is 20.7. The van der Waals surface area contributed by atoms with E-state index < -0.39 is 0 Å². The van der Waals surface area contributed by atoms with E-state index in [0.29, 0.717) is 30.0 Å². The Kier molecular flexibility index (Phi) is 7.92. The van der Waals surface area contributed by atoms with E-state index >= 15 is 0 Å². The number of para-hydroxylation sites is 2. The van der Waals surface area contributed by atoms with Crippen molar-refractivity contribution < 1.29 is 9.53 Å². The van der Waals surface area contributed by atoms with Crippen molar-refractivity contribution in [3.05, 3.63) is 65.5 Å². The second-order valence-corrected chi connectivity index (χ2v) is 9.47. The van der Waals surface area contributed by atoms with E-state index in [9.17, 15) is 4.79 Å². The lowest BCUT2D eigenvalue weighted by Gasteiger charge is -2.30.